The monoisotopic (exact) mass is 350 g/mol. The minimum Gasteiger partial charge on any atom is -0.483 e. The Bertz CT molecular complexity index is 705. The molecule has 1 amide bonds. The molecule has 4 nitrogen and oxygen atoms in total. The summed E-state index contributed by atoms with van der Waals surface area (Å²) in [6.07, 6.45) is 1.40. The summed E-state index contributed by atoms with van der Waals surface area (Å²) < 4.78 is 5.54. The molecule has 6 heteroatoms. The van der Waals surface area contributed by atoms with Crippen molar-refractivity contribution in [1.82, 2.24) is 5.43 Å². The lowest BCUT2D eigenvalue weighted by Crippen LogP contribution is -2.25. The first kappa shape index (κ1) is 17.3. The summed E-state index contributed by atoms with van der Waals surface area (Å²) >= 11 is 12.0. The van der Waals surface area contributed by atoms with Crippen molar-refractivity contribution in [2.24, 2.45) is 5.10 Å². The van der Waals surface area contributed by atoms with E-state index in [1.165, 1.54) is 6.21 Å². The number of aryl methyl sites for hydroxylation is 2. The van der Waals surface area contributed by atoms with Crippen LogP contribution in [0.2, 0.25) is 10.0 Å². The van der Waals surface area contributed by atoms with Gasteiger partial charge in [-0.2, -0.15) is 5.10 Å². The van der Waals surface area contributed by atoms with Crippen LogP contribution >= 0.6 is 23.2 Å². The predicted octanol–water partition coefficient (Wildman–Crippen LogP) is 4.14. The molecule has 0 saturated heterocycles. The van der Waals surface area contributed by atoms with Gasteiger partial charge in [-0.1, -0.05) is 47.5 Å². The van der Waals surface area contributed by atoms with Gasteiger partial charge in [0.05, 0.1) is 16.3 Å². The minimum absolute atomic E-state index is 0.126. The van der Waals surface area contributed by atoms with Crippen molar-refractivity contribution >= 4 is 35.3 Å². The van der Waals surface area contributed by atoms with Gasteiger partial charge in [0.2, 0.25) is 0 Å². The molecule has 0 aromatic heterocycles. The van der Waals surface area contributed by atoms with E-state index in [2.05, 4.69) is 10.5 Å². The Morgan fingerprint density at radius 3 is 2.30 bits per heavy atom. The summed E-state index contributed by atoms with van der Waals surface area (Å²) in [4.78, 5) is 11.8. The number of hydrogen-bond donors (Lipinski definition) is 1. The number of carbonyl (C=O) groups is 1. The van der Waals surface area contributed by atoms with Crippen LogP contribution in [0.1, 0.15) is 16.7 Å². The summed E-state index contributed by atoms with van der Waals surface area (Å²) in [5, 5.41) is 4.77. The van der Waals surface area contributed by atoms with Crippen molar-refractivity contribution in [1.29, 1.82) is 0 Å². The number of benzene rings is 2. The topological polar surface area (TPSA) is 50.7 Å². The fourth-order valence-corrected chi connectivity index (χ4v) is 2.49. The number of hydrogen-bond acceptors (Lipinski definition) is 3. The van der Waals surface area contributed by atoms with E-state index in [9.17, 15) is 4.79 Å². The van der Waals surface area contributed by atoms with Crippen molar-refractivity contribution in [2.45, 2.75) is 13.8 Å². The Kier molecular flexibility index (Phi) is 6.02. The van der Waals surface area contributed by atoms with Crippen LogP contribution in [0, 0.1) is 13.8 Å². The van der Waals surface area contributed by atoms with E-state index in [1.807, 2.05) is 32.0 Å². The van der Waals surface area contributed by atoms with Crippen molar-refractivity contribution in [3.8, 4) is 5.75 Å². The van der Waals surface area contributed by atoms with E-state index < -0.39 is 0 Å². The summed E-state index contributed by atoms with van der Waals surface area (Å²) in [6, 6.07) is 10.9. The van der Waals surface area contributed by atoms with Crippen LogP contribution in [0.25, 0.3) is 0 Å². The molecule has 0 spiro atoms. The van der Waals surface area contributed by atoms with E-state index >= 15 is 0 Å². The first-order chi connectivity index (χ1) is 11.0. The number of para-hydroxylation sites is 1. The van der Waals surface area contributed by atoms with E-state index in [-0.39, 0.29) is 12.5 Å². The van der Waals surface area contributed by atoms with Crippen LogP contribution in [-0.4, -0.2) is 18.7 Å². The zero-order chi connectivity index (χ0) is 16.8. The van der Waals surface area contributed by atoms with Crippen LogP contribution in [0.4, 0.5) is 0 Å². The fourth-order valence-electron chi connectivity index (χ4n) is 2.00. The molecule has 2 aromatic carbocycles. The summed E-state index contributed by atoms with van der Waals surface area (Å²) in [7, 11) is 0. The Morgan fingerprint density at radius 2 is 1.70 bits per heavy atom. The van der Waals surface area contributed by atoms with Gasteiger partial charge in [0.1, 0.15) is 5.75 Å². The van der Waals surface area contributed by atoms with Crippen LogP contribution in [0.15, 0.2) is 41.5 Å². The van der Waals surface area contributed by atoms with Crippen LogP contribution in [0.5, 0.6) is 5.75 Å². The van der Waals surface area contributed by atoms with Gasteiger partial charge < -0.3 is 4.74 Å². The van der Waals surface area contributed by atoms with E-state index in [0.29, 0.717) is 21.4 Å². The van der Waals surface area contributed by atoms with Crippen LogP contribution < -0.4 is 10.2 Å². The highest BCUT2D eigenvalue weighted by atomic mass is 35.5. The number of hydrazone groups is 1. The second-order valence-corrected chi connectivity index (χ2v) is 5.75. The molecule has 0 aliphatic rings. The number of nitrogens with zero attached hydrogens (tertiary/aromatic N) is 1. The molecule has 1 N–H and O–H groups in total. The highest BCUT2D eigenvalue weighted by Gasteiger charge is 2.07. The average Bonchev–Trinajstić information content (AvgIpc) is 2.50. The number of halogens is 2. The smallest absolute Gasteiger partial charge is 0.277 e. The lowest BCUT2D eigenvalue weighted by Gasteiger charge is -2.10. The van der Waals surface area contributed by atoms with Crippen LogP contribution in [0.3, 0.4) is 0 Å². The van der Waals surface area contributed by atoms with E-state index in [1.54, 1.807) is 18.2 Å². The van der Waals surface area contributed by atoms with Crippen molar-refractivity contribution in [3.63, 3.8) is 0 Å². The molecule has 23 heavy (non-hydrogen) atoms. The van der Waals surface area contributed by atoms with Gasteiger partial charge in [-0.05, 0) is 37.1 Å². The Hall–Kier alpha value is -2.04. The zero-order valence-electron chi connectivity index (χ0n) is 12.8. The first-order valence-corrected chi connectivity index (χ1v) is 7.69. The molecule has 0 saturated carbocycles. The van der Waals surface area contributed by atoms with Crippen LogP contribution in [-0.2, 0) is 4.79 Å². The van der Waals surface area contributed by atoms with Crippen molar-refractivity contribution in [3.05, 3.63) is 63.1 Å². The Balaban J connectivity index is 1.92. The molecular formula is C17H16Cl2N2O2. The van der Waals surface area contributed by atoms with E-state index in [0.717, 1.165) is 11.1 Å². The molecule has 2 aromatic rings. The van der Waals surface area contributed by atoms with Crippen molar-refractivity contribution < 1.29 is 9.53 Å². The number of amides is 1. The standard InChI is InChI=1S/C17H16Cl2N2O2/c1-11-5-3-6-12(2)17(11)23-10-16(22)21-20-9-13-14(18)7-4-8-15(13)19/h3-9H,10H2,1-2H3,(H,21,22)/b20-9-. The average molecular weight is 351 g/mol. The molecule has 0 unspecified atom stereocenters. The number of carbonyl (C=O) groups excluding carboxylic acids is 1. The maximum atomic E-state index is 11.8. The third kappa shape index (κ3) is 4.71. The molecule has 0 aliphatic carbocycles. The van der Waals surface area contributed by atoms with Gasteiger partial charge >= 0.3 is 0 Å². The third-order valence-corrected chi connectivity index (χ3v) is 3.80. The largest absolute Gasteiger partial charge is 0.483 e. The summed E-state index contributed by atoms with van der Waals surface area (Å²) in [5.41, 5.74) is 4.88. The summed E-state index contributed by atoms with van der Waals surface area (Å²) in [5.74, 6) is 0.341. The normalized spacial score (nSPS) is 10.8. The van der Waals surface area contributed by atoms with Gasteiger partial charge in [-0.3, -0.25) is 4.79 Å². The van der Waals surface area contributed by atoms with Gasteiger partial charge in [0.25, 0.3) is 5.91 Å². The minimum atomic E-state index is -0.368. The molecule has 0 atom stereocenters. The number of rotatable bonds is 5. The maximum absolute atomic E-state index is 11.8. The van der Waals surface area contributed by atoms with Gasteiger partial charge in [-0.25, -0.2) is 5.43 Å². The molecular weight excluding hydrogens is 335 g/mol. The lowest BCUT2D eigenvalue weighted by molar-refractivity contribution is -0.123. The number of ether oxygens (including phenoxy) is 1. The van der Waals surface area contributed by atoms with Gasteiger partial charge in [0, 0.05) is 5.56 Å². The fraction of sp³-hybridized carbons (Fsp3) is 0.176. The van der Waals surface area contributed by atoms with Crippen molar-refractivity contribution in [2.75, 3.05) is 6.61 Å². The first-order valence-electron chi connectivity index (χ1n) is 6.94. The highest BCUT2D eigenvalue weighted by molar-refractivity contribution is 6.38. The Morgan fingerprint density at radius 1 is 1.13 bits per heavy atom. The maximum Gasteiger partial charge on any atom is 0.277 e. The predicted molar refractivity (Wildman–Crippen MR) is 93.6 cm³/mol. The molecule has 0 aliphatic heterocycles. The highest BCUT2D eigenvalue weighted by Crippen LogP contribution is 2.23. The number of nitrogens with one attached hydrogen (secondary N) is 1. The second kappa shape index (κ2) is 7.99. The Labute approximate surface area is 145 Å². The van der Waals surface area contributed by atoms with E-state index in [4.69, 9.17) is 27.9 Å². The molecule has 0 heterocycles. The zero-order valence-corrected chi connectivity index (χ0v) is 14.3. The third-order valence-electron chi connectivity index (χ3n) is 3.14. The van der Waals surface area contributed by atoms with Gasteiger partial charge in [0.15, 0.2) is 6.61 Å². The van der Waals surface area contributed by atoms with Gasteiger partial charge in [-0.15, -0.1) is 0 Å². The molecule has 0 radical (unpaired) electrons. The molecule has 0 bridgehead atoms. The molecule has 0 fully saturated rings. The SMILES string of the molecule is Cc1cccc(C)c1OCC(=O)N/N=C\c1c(Cl)cccc1Cl. The lowest BCUT2D eigenvalue weighted by atomic mass is 10.1. The quantitative estimate of drug-likeness (QED) is 0.650. The molecule has 120 valence electrons. The second-order valence-electron chi connectivity index (χ2n) is 4.94. The molecule has 2 rings (SSSR count). The summed E-state index contributed by atoms with van der Waals surface area (Å²) in [6.45, 7) is 3.73.